The fourth-order valence-corrected chi connectivity index (χ4v) is 3.76. The van der Waals surface area contributed by atoms with Gasteiger partial charge in [0.15, 0.2) is 0 Å². The number of carbonyl (C=O) groups is 1. The molecule has 0 saturated heterocycles. The van der Waals surface area contributed by atoms with Crippen molar-refractivity contribution >= 4 is 46.7 Å². The van der Waals surface area contributed by atoms with Crippen molar-refractivity contribution in [2.75, 3.05) is 10.6 Å². The van der Waals surface area contributed by atoms with Gasteiger partial charge in [-0.05, 0) is 53.6 Å². The van der Waals surface area contributed by atoms with Crippen LogP contribution in [0.5, 0.6) is 0 Å². The predicted molar refractivity (Wildman–Crippen MR) is 127 cm³/mol. The second-order valence-corrected chi connectivity index (χ2v) is 8.11. The number of aromatic nitrogens is 3. The zero-order valence-corrected chi connectivity index (χ0v) is 18.2. The van der Waals surface area contributed by atoms with E-state index >= 15 is 0 Å². The molecular weight excluding hydrogens is 445 g/mol. The molecule has 2 heterocycles. The summed E-state index contributed by atoms with van der Waals surface area (Å²) >= 11 is 12.1. The molecule has 0 aliphatic carbocycles. The van der Waals surface area contributed by atoms with Gasteiger partial charge >= 0.3 is 0 Å². The molecule has 1 unspecified atom stereocenters. The molecule has 1 atom stereocenters. The molecule has 2 N–H and O–H groups in total. The molecule has 0 fully saturated rings. The number of nitrogens with zero attached hydrogens (tertiary/aromatic N) is 3. The van der Waals surface area contributed by atoms with Crippen molar-refractivity contribution in [2.24, 2.45) is 0 Å². The van der Waals surface area contributed by atoms with Gasteiger partial charge in [0.05, 0.1) is 0 Å². The maximum absolute atomic E-state index is 12.6. The fraction of sp³-hybridized carbons (Fsp3) is 0.0417. The molecule has 1 aliphatic heterocycles. The first-order valence-electron chi connectivity index (χ1n) is 9.90. The molecule has 0 spiro atoms. The summed E-state index contributed by atoms with van der Waals surface area (Å²) in [6, 6.07) is 23.8. The summed E-state index contributed by atoms with van der Waals surface area (Å²) in [5, 5.41) is 11.9. The Balaban J connectivity index is 1.51. The van der Waals surface area contributed by atoms with E-state index in [1.165, 1.54) is 0 Å². The van der Waals surface area contributed by atoms with Gasteiger partial charge in [-0.15, -0.1) is 5.10 Å². The number of nitrogens with one attached hydrogen (secondary N) is 2. The van der Waals surface area contributed by atoms with E-state index in [9.17, 15) is 4.79 Å². The molecule has 0 radical (unpaired) electrons. The van der Waals surface area contributed by atoms with E-state index in [0.29, 0.717) is 21.6 Å². The Morgan fingerprint density at radius 1 is 0.906 bits per heavy atom. The fourth-order valence-electron chi connectivity index (χ4n) is 3.50. The highest BCUT2D eigenvalue weighted by molar-refractivity contribution is 6.30. The first kappa shape index (κ1) is 20.3. The number of benzene rings is 3. The molecule has 1 amide bonds. The summed E-state index contributed by atoms with van der Waals surface area (Å²) in [7, 11) is 0. The van der Waals surface area contributed by atoms with Crippen LogP contribution in [0, 0.1) is 0 Å². The Morgan fingerprint density at radius 2 is 1.56 bits per heavy atom. The number of halogens is 2. The summed E-state index contributed by atoms with van der Waals surface area (Å²) in [5.41, 5.74) is 3.33. The summed E-state index contributed by atoms with van der Waals surface area (Å²) < 4.78 is 1.74. The van der Waals surface area contributed by atoms with Gasteiger partial charge in [-0.2, -0.15) is 4.98 Å². The van der Waals surface area contributed by atoms with Crippen LogP contribution in [-0.2, 0) is 0 Å². The Bertz CT molecular complexity index is 1300. The van der Waals surface area contributed by atoms with Gasteiger partial charge in [-0.3, -0.25) is 10.1 Å². The Labute approximate surface area is 194 Å². The molecule has 32 heavy (non-hydrogen) atoms. The van der Waals surface area contributed by atoms with Crippen LogP contribution in [0.2, 0.25) is 10.0 Å². The zero-order valence-electron chi connectivity index (χ0n) is 16.7. The van der Waals surface area contributed by atoms with Crippen LogP contribution >= 0.6 is 23.2 Å². The molecule has 1 aliphatic rings. The number of hydrogen-bond donors (Lipinski definition) is 2. The maximum atomic E-state index is 12.6. The number of fused-ring (bicyclic) bond motifs is 1. The Morgan fingerprint density at radius 3 is 2.25 bits per heavy atom. The number of anilines is 2. The van der Waals surface area contributed by atoms with Crippen LogP contribution in [0.1, 0.15) is 27.5 Å². The smallest absolute Gasteiger partial charge is 0.258 e. The molecule has 4 aromatic rings. The van der Waals surface area contributed by atoms with E-state index in [4.69, 9.17) is 23.2 Å². The van der Waals surface area contributed by atoms with Crippen molar-refractivity contribution in [3.63, 3.8) is 0 Å². The summed E-state index contributed by atoms with van der Waals surface area (Å²) in [6.07, 6.45) is 2.05. The maximum Gasteiger partial charge on any atom is 0.258 e. The first-order chi connectivity index (χ1) is 15.6. The average molecular weight is 462 g/mol. The number of hydrogen-bond acceptors (Lipinski definition) is 4. The standard InChI is InChI=1S/C24H17Cl2N5O/c25-18-10-6-15(7-11-18)20-14-21(16-8-12-19(26)13-9-16)31-24(27-20)29-23(30-31)28-22(32)17-4-2-1-3-5-17/h1-14,21H,(H2,27,28,29,30,32). The van der Waals surface area contributed by atoms with E-state index in [2.05, 4.69) is 26.8 Å². The predicted octanol–water partition coefficient (Wildman–Crippen LogP) is 5.89. The highest BCUT2D eigenvalue weighted by Crippen LogP contribution is 2.34. The van der Waals surface area contributed by atoms with Crippen molar-refractivity contribution in [2.45, 2.75) is 6.04 Å². The van der Waals surface area contributed by atoms with Crippen LogP contribution in [0.4, 0.5) is 11.9 Å². The Hall–Kier alpha value is -3.61. The lowest BCUT2D eigenvalue weighted by Crippen LogP contribution is -2.20. The molecule has 6 nitrogen and oxygen atoms in total. The van der Waals surface area contributed by atoms with Crippen LogP contribution in [-0.4, -0.2) is 20.7 Å². The minimum atomic E-state index is -0.275. The van der Waals surface area contributed by atoms with Crippen LogP contribution in [0.25, 0.3) is 5.70 Å². The average Bonchev–Trinajstić information content (AvgIpc) is 3.22. The third-order valence-electron chi connectivity index (χ3n) is 5.09. The lowest BCUT2D eigenvalue weighted by molar-refractivity contribution is 0.102. The highest BCUT2D eigenvalue weighted by atomic mass is 35.5. The van der Waals surface area contributed by atoms with Crippen molar-refractivity contribution in [1.82, 2.24) is 14.8 Å². The number of allylic oxidation sites excluding steroid dienone is 1. The number of carbonyl (C=O) groups excluding carboxylic acids is 1. The Kier molecular flexibility index (Phi) is 5.39. The van der Waals surface area contributed by atoms with E-state index in [-0.39, 0.29) is 17.9 Å². The molecule has 8 heteroatoms. The van der Waals surface area contributed by atoms with Crippen molar-refractivity contribution in [1.29, 1.82) is 0 Å². The molecule has 0 bridgehead atoms. The van der Waals surface area contributed by atoms with Gasteiger partial charge in [0.25, 0.3) is 11.9 Å². The molecule has 5 rings (SSSR count). The van der Waals surface area contributed by atoms with Gasteiger partial charge in [0, 0.05) is 21.3 Å². The lowest BCUT2D eigenvalue weighted by Gasteiger charge is -2.24. The normalized spacial score (nSPS) is 14.8. The van der Waals surface area contributed by atoms with Gasteiger partial charge < -0.3 is 5.32 Å². The SMILES string of the molecule is O=C(Nc1nc2n(n1)C(c1ccc(Cl)cc1)C=C(c1ccc(Cl)cc1)N2)c1ccccc1. The van der Waals surface area contributed by atoms with Gasteiger partial charge in [0.1, 0.15) is 6.04 Å². The quantitative estimate of drug-likeness (QED) is 0.397. The largest absolute Gasteiger partial charge is 0.324 e. The summed E-state index contributed by atoms with van der Waals surface area (Å²) in [6.45, 7) is 0. The molecule has 0 saturated carbocycles. The summed E-state index contributed by atoms with van der Waals surface area (Å²) in [5.74, 6) is 0.453. The van der Waals surface area contributed by atoms with Gasteiger partial charge in [-0.25, -0.2) is 4.68 Å². The monoisotopic (exact) mass is 461 g/mol. The molecule has 3 aromatic carbocycles. The second-order valence-electron chi connectivity index (χ2n) is 7.23. The molecular formula is C24H17Cl2N5O. The van der Waals surface area contributed by atoms with Gasteiger partial charge in [0.2, 0.25) is 5.95 Å². The highest BCUT2D eigenvalue weighted by Gasteiger charge is 2.26. The third kappa shape index (κ3) is 4.10. The van der Waals surface area contributed by atoms with Crippen molar-refractivity contribution < 1.29 is 4.79 Å². The van der Waals surface area contributed by atoms with E-state index in [0.717, 1.165) is 16.8 Å². The van der Waals surface area contributed by atoms with Gasteiger partial charge in [-0.1, -0.05) is 65.7 Å². The minimum Gasteiger partial charge on any atom is -0.324 e. The molecule has 1 aromatic heterocycles. The van der Waals surface area contributed by atoms with E-state index in [1.54, 1.807) is 28.9 Å². The van der Waals surface area contributed by atoms with E-state index < -0.39 is 0 Å². The topological polar surface area (TPSA) is 71.8 Å². The summed E-state index contributed by atoms with van der Waals surface area (Å²) in [4.78, 5) is 17.1. The van der Waals surface area contributed by atoms with Crippen LogP contribution in [0.3, 0.4) is 0 Å². The van der Waals surface area contributed by atoms with Crippen LogP contribution < -0.4 is 10.6 Å². The van der Waals surface area contributed by atoms with E-state index in [1.807, 2.05) is 54.6 Å². The van der Waals surface area contributed by atoms with Crippen molar-refractivity contribution in [3.8, 4) is 0 Å². The molecule has 158 valence electrons. The number of amides is 1. The zero-order chi connectivity index (χ0) is 22.1. The van der Waals surface area contributed by atoms with Crippen molar-refractivity contribution in [3.05, 3.63) is 112 Å². The second kappa shape index (κ2) is 8.49. The lowest BCUT2D eigenvalue weighted by atomic mass is 10.0. The van der Waals surface area contributed by atoms with Crippen LogP contribution in [0.15, 0.2) is 84.9 Å². The number of rotatable bonds is 4. The minimum absolute atomic E-state index is 0.214. The third-order valence-corrected chi connectivity index (χ3v) is 5.60. The first-order valence-corrected chi connectivity index (χ1v) is 10.7.